The van der Waals surface area contributed by atoms with Gasteiger partial charge in [0.25, 0.3) is 0 Å². The van der Waals surface area contributed by atoms with Crippen molar-refractivity contribution < 1.29 is 33.4 Å². The lowest BCUT2D eigenvalue weighted by Gasteiger charge is -2.30. The first-order valence-corrected chi connectivity index (χ1v) is 19.7. The molecule has 2 aromatic carbocycles. The molecule has 5 aromatic rings. The highest BCUT2D eigenvalue weighted by molar-refractivity contribution is 5.87. The fraction of sp³-hybridized carbons (Fsp3) is 0.372. The summed E-state index contributed by atoms with van der Waals surface area (Å²) >= 11 is 0. The number of carbonyl (C=O) groups excluding carboxylic acids is 4. The first kappa shape index (κ1) is 40.6. The molecule has 0 unspecified atom stereocenters. The number of benzene rings is 2. The lowest BCUT2D eigenvalue weighted by atomic mass is 10.0. The van der Waals surface area contributed by atoms with Gasteiger partial charge in [-0.05, 0) is 67.0 Å². The third kappa shape index (κ3) is 9.12. The van der Waals surface area contributed by atoms with E-state index in [4.69, 9.17) is 19.2 Å². The number of imidazole rings is 2. The van der Waals surface area contributed by atoms with Gasteiger partial charge < -0.3 is 44.6 Å². The van der Waals surface area contributed by atoms with Crippen LogP contribution in [0.5, 0.6) is 0 Å². The topological polar surface area (TPSA) is 197 Å². The summed E-state index contributed by atoms with van der Waals surface area (Å²) in [5.41, 5.74) is 6.33. The van der Waals surface area contributed by atoms with Gasteiger partial charge in [-0.1, -0.05) is 54.6 Å². The van der Waals surface area contributed by atoms with Gasteiger partial charge in [0, 0.05) is 38.5 Å². The van der Waals surface area contributed by atoms with E-state index in [0.29, 0.717) is 30.4 Å². The summed E-state index contributed by atoms with van der Waals surface area (Å²) in [6, 6.07) is 19.6. The number of amides is 4. The van der Waals surface area contributed by atoms with Crippen molar-refractivity contribution in [2.45, 2.75) is 69.3 Å². The molecule has 0 spiro atoms. The molecule has 2 aliphatic heterocycles. The minimum Gasteiger partial charge on any atom is -0.453 e. The predicted octanol–water partition coefficient (Wildman–Crippen LogP) is 5.58. The second-order valence-electron chi connectivity index (χ2n) is 14.7. The van der Waals surface area contributed by atoms with E-state index in [-0.39, 0.29) is 30.3 Å². The number of pyridine rings is 1. The molecule has 4 N–H and O–H groups in total. The maximum Gasteiger partial charge on any atom is 0.407 e. The third-order valence-corrected chi connectivity index (χ3v) is 11.1. The predicted molar refractivity (Wildman–Crippen MR) is 217 cm³/mol. The summed E-state index contributed by atoms with van der Waals surface area (Å²) in [6.45, 7) is 2.81. The molecule has 16 heteroatoms. The minimum absolute atomic E-state index is 0.213. The van der Waals surface area contributed by atoms with Crippen molar-refractivity contribution in [2.75, 3.05) is 34.4 Å². The van der Waals surface area contributed by atoms with E-state index in [9.17, 15) is 19.2 Å². The van der Waals surface area contributed by atoms with Crippen molar-refractivity contribution in [1.82, 2.24) is 45.4 Å². The van der Waals surface area contributed by atoms with Gasteiger partial charge >= 0.3 is 12.2 Å². The molecule has 0 aliphatic carbocycles. The number of nitrogens with one attached hydrogen (secondary N) is 4. The van der Waals surface area contributed by atoms with E-state index in [1.54, 1.807) is 41.4 Å². The summed E-state index contributed by atoms with van der Waals surface area (Å²) in [5.74, 6) is 0.907. The SMILES string of the molecule is COC(=O)N[C@@H](Cc1ccccn1)C(=O)N1CCC[C@H]1c1ncc(-c2ccc(-c3ccc(-c4cnc([C@@H]5CCCN5C(=O)[C@@H](NC(=O)OC)[C@@H](C)OC)[nH]4)cc3)cc2)[nH]1. The molecule has 2 fully saturated rings. The van der Waals surface area contributed by atoms with E-state index in [2.05, 4.69) is 54.8 Å². The van der Waals surface area contributed by atoms with Gasteiger partial charge in [-0.25, -0.2) is 19.6 Å². The Morgan fingerprint density at radius 2 is 1.20 bits per heavy atom. The van der Waals surface area contributed by atoms with Crippen LogP contribution in [0.4, 0.5) is 9.59 Å². The molecule has 2 aliphatic rings. The zero-order valence-electron chi connectivity index (χ0n) is 33.5. The molecule has 2 saturated heterocycles. The number of aromatic amines is 2. The number of likely N-dealkylation sites (tertiary alicyclic amines) is 2. The van der Waals surface area contributed by atoms with Crippen LogP contribution in [-0.4, -0.2) is 111 Å². The maximum atomic E-state index is 13.9. The average molecular weight is 804 g/mol. The molecule has 7 rings (SSSR count). The number of alkyl carbamates (subject to hydrolysis) is 2. The quantitative estimate of drug-likeness (QED) is 0.117. The second kappa shape index (κ2) is 18.4. The Hall–Kier alpha value is -6.55. The number of nitrogens with zero attached hydrogens (tertiary/aromatic N) is 5. The van der Waals surface area contributed by atoms with E-state index >= 15 is 0 Å². The van der Waals surface area contributed by atoms with E-state index < -0.39 is 30.4 Å². The number of rotatable bonds is 13. The van der Waals surface area contributed by atoms with Gasteiger partial charge in [0.05, 0.1) is 56.2 Å². The standard InChI is InChI=1S/C43H49N9O7/c1-26(57-2)37(50-43(56)59-4)41(54)52-22-8-11-36(52)39-46-25-34(48-39)30-18-14-28(15-19-30)27-12-16-29(17-13-27)33-24-45-38(47-33)35-10-7-21-51(35)40(53)32(49-42(55)58-3)23-31-9-5-6-20-44-31/h5-6,9,12-20,24-26,32,35-37H,7-8,10-11,21-23H2,1-4H3,(H,45,47)(H,46,48)(H,49,55)(H,50,56)/t26-,32+,35+,36+,37+/m1/s1. The van der Waals surface area contributed by atoms with Gasteiger partial charge in [0.2, 0.25) is 11.8 Å². The number of ether oxygens (including phenoxy) is 3. The van der Waals surface area contributed by atoms with Crippen LogP contribution in [0, 0.1) is 0 Å². The van der Waals surface area contributed by atoms with Crippen LogP contribution >= 0.6 is 0 Å². The largest absolute Gasteiger partial charge is 0.453 e. The Labute approximate surface area is 342 Å². The number of carbonyl (C=O) groups is 4. The Balaban J connectivity index is 1.00. The molecule has 0 radical (unpaired) electrons. The molecular weight excluding hydrogens is 755 g/mol. The molecule has 5 heterocycles. The van der Waals surface area contributed by atoms with E-state index in [1.807, 2.05) is 36.4 Å². The Kier molecular flexibility index (Phi) is 12.6. The third-order valence-electron chi connectivity index (χ3n) is 11.1. The highest BCUT2D eigenvalue weighted by Crippen LogP contribution is 2.35. The zero-order chi connectivity index (χ0) is 41.5. The van der Waals surface area contributed by atoms with Crippen LogP contribution in [0.25, 0.3) is 33.6 Å². The van der Waals surface area contributed by atoms with Gasteiger partial charge in [-0.15, -0.1) is 0 Å². The lowest BCUT2D eigenvalue weighted by Crippen LogP contribution is -2.54. The van der Waals surface area contributed by atoms with Crippen LogP contribution < -0.4 is 10.6 Å². The molecule has 4 amide bonds. The Morgan fingerprint density at radius 3 is 1.69 bits per heavy atom. The first-order valence-electron chi connectivity index (χ1n) is 19.7. The van der Waals surface area contributed by atoms with Gasteiger partial charge in [0.15, 0.2) is 0 Å². The van der Waals surface area contributed by atoms with Crippen molar-refractivity contribution in [3.05, 3.63) is 103 Å². The summed E-state index contributed by atoms with van der Waals surface area (Å²) < 4.78 is 15.0. The van der Waals surface area contributed by atoms with Gasteiger partial charge in [-0.2, -0.15) is 0 Å². The molecule has 5 atom stereocenters. The molecular formula is C43H49N9O7. The smallest absolute Gasteiger partial charge is 0.407 e. The summed E-state index contributed by atoms with van der Waals surface area (Å²) in [5, 5.41) is 5.32. The van der Waals surface area contributed by atoms with Crippen molar-refractivity contribution in [2.24, 2.45) is 0 Å². The fourth-order valence-corrected chi connectivity index (χ4v) is 7.83. The number of H-pyrrole nitrogens is 2. The maximum absolute atomic E-state index is 13.9. The number of aromatic nitrogens is 5. The van der Waals surface area contributed by atoms with Crippen LogP contribution in [-0.2, 0) is 30.2 Å². The van der Waals surface area contributed by atoms with Crippen LogP contribution in [0.1, 0.15) is 62.0 Å². The Bertz CT molecular complexity index is 2230. The van der Waals surface area contributed by atoms with E-state index in [0.717, 1.165) is 59.3 Å². The van der Waals surface area contributed by atoms with Crippen molar-refractivity contribution in [3.8, 4) is 33.6 Å². The summed E-state index contributed by atoms with van der Waals surface area (Å²) in [4.78, 5) is 75.8. The molecule has 0 bridgehead atoms. The highest BCUT2D eigenvalue weighted by atomic mass is 16.5. The normalized spacial score (nSPS) is 17.9. The second-order valence-corrected chi connectivity index (χ2v) is 14.7. The first-order chi connectivity index (χ1) is 28.7. The molecule has 16 nitrogen and oxygen atoms in total. The molecule has 3 aromatic heterocycles. The molecule has 308 valence electrons. The Morgan fingerprint density at radius 1 is 0.695 bits per heavy atom. The van der Waals surface area contributed by atoms with E-state index in [1.165, 1.54) is 21.3 Å². The van der Waals surface area contributed by atoms with Gasteiger partial charge in [-0.3, -0.25) is 14.6 Å². The van der Waals surface area contributed by atoms with Crippen molar-refractivity contribution in [3.63, 3.8) is 0 Å². The minimum atomic E-state index is -0.901. The zero-order valence-corrected chi connectivity index (χ0v) is 33.5. The fourth-order valence-electron chi connectivity index (χ4n) is 7.83. The molecule has 59 heavy (non-hydrogen) atoms. The van der Waals surface area contributed by atoms with Crippen LogP contribution in [0.3, 0.4) is 0 Å². The monoisotopic (exact) mass is 803 g/mol. The number of hydrogen-bond acceptors (Lipinski definition) is 10. The molecule has 0 saturated carbocycles. The number of methoxy groups -OCH3 is 3. The summed E-state index contributed by atoms with van der Waals surface area (Å²) in [7, 11) is 4.02. The number of hydrogen-bond donors (Lipinski definition) is 4. The van der Waals surface area contributed by atoms with Crippen LogP contribution in [0.2, 0.25) is 0 Å². The highest BCUT2D eigenvalue weighted by Gasteiger charge is 2.39. The van der Waals surface area contributed by atoms with Crippen LogP contribution in [0.15, 0.2) is 85.3 Å². The average Bonchev–Trinajstić information content (AvgIpc) is 4.12. The lowest BCUT2D eigenvalue weighted by molar-refractivity contribution is -0.137. The van der Waals surface area contributed by atoms with Crippen molar-refractivity contribution >= 4 is 24.0 Å². The summed E-state index contributed by atoms with van der Waals surface area (Å²) in [6.07, 6.45) is 6.62. The van der Waals surface area contributed by atoms with Crippen molar-refractivity contribution in [1.29, 1.82) is 0 Å². The van der Waals surface area contributed by atoms with Gasteiger partial charge in [0.1, 0.15) is 23.7 Å².